The van der Waals surface area contributed by atoms with Crippen LogP contribution in [-0.4, -0.2) is 12.5 Å². The van der Waals surface area contributed by atoms with E-state index < -0.39 is 5.82 Å². The number of nitrogens with two attached hydrogens (primary N) is 1. The van der Waals surface area contributed by atoms with Crippen LogP contribution in [0.15, 0.2) is 42.5 Å². The maximum absolute atomic E-state index is 13.8. The minimum absolute atomic E-state index is 0.235. The van der Waals surface area contributed by atoms with E-state index in [1.165, 1.54) is 11.0 Å². The summed E-state index contributed by atoms with van der Waals surface area (Å²) in [4.78, 5) is 13.9. The van der Waals surface area contributed by atoms with Crippen molar-refractivity contribution in [2.45, 2.75) is 13.8 Å². The van der Waals surface area contributed by atoms with Crippen molar-refractivity contribution in [3.63, 3.8) is 0 Å². The molecular weight excluding hydrogens is 255 g/mol. The number of halogens is 1. The van der Waals surface area contributed by atoms with E-state index in [1.807, 2.05) is 13.8 Å². The van der Waals surface area contributed by atoms with Gasteiger partial charge in [-0.3, -0.25) is 4.79 Å². The normalized spacial score (nSPS) is 10.3. The van der Waals surface area contributed by atoms with Crippen molar-refractivity contribution in [1.29, 1.82) is 0 Å². The number of hydrogen-bond donors (Lipinski definition) is 1. The van der Waals surface area contributed by atoms with Crippen molar-refractivity contribution in [3.05, 3.63) is 59.4 Å². The molecule has 1 amide bonds. The zero-order valence-corrected chi connectivity index (χ0v) is 11.6. The number of benzene rings is 2. The van der Waals surface area contributed by atoms with Gasteiger partial charge in [0.1, 0.15) is 5.82 Å². The van der Waals surface area contributed by atoms with E-state index in [-0.39, 0.29) is 11.6 Å². The van der Waals surface area contributed by atoms with Gasteiger partial charge in [0, 0.05) is 17.8 Å². The van der Waals surface area contributed by atoms with Crippen LogP contribution in [0.3, 0.4) is 0 Å². The van der Waals surface area contributed by atoms with Crippen molar-refractivity contribution >= 4 is 17.3 Å². The summed E-state index contributed by atoms with van der Waals surface area (Å²) < 4.78 is 13.8. The van der Waals surface area contributed by atoms with Crippen molar-refractivity contribution in [2.24, 2.45) is 0 Å². The molecule has 20 heavy (non-hydrogen) atoms. The van der Waals surface area contributed by atoms with Crippen LogP contribution in [0.2, 0.25) is 0 Å². The zero-order valence-electron chi connectivity index (χ0n) is 11.6. The number of anilines is 2. The first-order valence-corrected chi connectivity index (χ1v) is 6.47. The Morgan fingerprint density at radius 1 is 1.25 bits per heavy atom. The molecule has 0 radical (unpaired) electrons. The lowest BCUT2D eigenvalue weighted by Gasteiger charge is -2.22. The van der Waals surface area contributed by atoms with Gasteiger partial charge in [0.25, 0.3) is 5.91 Å². The second-order valence-electron chi connectivity index (χ2n) is 4.57. The molecule has 0 saturated carbocycles. The average molecular weight is 272 g/mol. The molecule has 2 N–H and O–H groups in total. The number of nitrogens with zero attached hydrogens (tertiary/aromatic N) is 1. The second-order valence-corrected chi connectivity index (χ2v) is 4.57. The minimum atomic E-state index is -0.408. The van der Waals surface area contributed by atoms with Gasteiger partial charge in [-0.05, 0) is 49.7 Å². The average Bonchev–Trinajstić information content (AvgIpc) is 2.44. The Bertz CT molecular complexity index is 640. The fourth-order valence-corrected chi connectivity index (χ4v) is 2.06. The van der Waals surface area contributed by atoms with Gasteiger partial charge >= 0.3 is 0 Å². The number of carbonyl (C=O) groups is 1. The molecule has 2 aromatic carbocycles. The fraction of sp³-hybridized carbons (Fsp3) is 0.188. The Morgan fingerprint density at radius 3 is 2.55 bits per heavy atom. The van der Waals surface area contributed by atoms with Gasteiger partial charge < -0.3 is 10.6 Å². The maximum Gasteiger partial charge on any atom is 0.258 e. The number of rotatable bonds is 3. The molecule has 0 heterocycles. The molecule has 0 fully saturated rings. The first-order valence-electron chi connectivity index (χ1n) is 6.47. The zero-order chi connectivity index (χ0) is 14.7. The highest BCUT2D eigenvalue weighted by atomic mass is 19.1. The summed E-state index contributed by atoms with van der Waals surface area (Å²) >= 11 is 0. The van der Waals surface area contributed by atoms with Gasteiger partial charge in [-0.15, -0.1) is 0 Å². The summed E-state index contributed by atoms with van der Waals surface area (Å²) in [6.07, 6.45) is 0. The monoisotopic (exact) mass is 272 g/mol. The van der Waals surface area contributed by atoms with E-state index in [1.54, 1.807) is 36.4 Å². The summed E-state index contributed by atoms with van der Waals surface area (Å²) in [6, 6.07) is 11.3. The first-order chi connectivity index (χ1) is 9.54. The van der Waals surface area contributed by atoms with Crippen LogP contribution in [0.25, 0.3) is 0 Å². The number of nitrogen functional groups attached to an aromatic ring is 1. The van der Waals surface area contributed by atoms with Crippen LogP contribution in [-0.2, 0) is 0 Å². The van der Waals surface area contributed by atoms with Crippen molar-refractivity contribution in [3.8, 4) is 0 Å². The van der Waals surface area contributed by atoms with Gasteiger partial charge in [-0.25, -0.2) is 4.39 Å². The molecule has 2 aromatic rings. The molecule has 104 valence electrons. The van der Waals surface area contributed by atoms with E-state index in [0.29, 0.717) is 17.8 Å². The molecular formula is C16H17FN2O. The van der Waals surface area contributed by atoms with Crippen molar-refractivity contribution in [1.82, 2.24) is 0 Å². The second kappa shape index (κ2) is 5.74. The lowest BCUT2D eigenvalue weighted by atomic mass is 10.1. The van der Waals surface area contributed by atoms with Crippen LogP contribution >= 0.6 is 0 Å². The topological polar surface area (TPSA) is 46.3 Å². The Balaban J connectivity index is 2.39. The van der Waals surface area contributed by atoms with Gasteiger partial charge in [-0.1, -0.05) is 12.1 Å². The Morgan fingerprint density at radius 2 is 1.95 bits per heavy atom. The number of aryl methyl sites for hydroxylation is 1. The van der Waals surface area contributed by atoms with Gasteiger partial charge in [0.2, 0.25) is 0 Å². The van der Waals surface area contributed by atoms with E-state index in [4.69, 9.17) is 5.73 Å². The van der Waals surface area contributed by atoms with Gasteiger partial charge in [0.15, 0.2) is 0 Å². The summed E-state index contributed by atoms with van der Waals surface area (Å²) in [5.41, 5.74) is 8.00. The number of para-hydroxylation sites is 1. The standard InChI is InChI=1S/C16H17FN2O/c1-3-19(15-7-5-4-6-13(15)17)16(20)12-8-9-14(18)11(2)10-12/h4-10H,3,18H2,1-2H3. The third kappa shape index (κ3) is 2.64. The quantitative estimate of drug-likeness (QED) is 0.871. The Hall–Kier alpha value is -2.36. The molecule has 0 bridgehead atoms. The van der Waals surface area contributed by atoms with Crippen molar-refractivity contribution in [2.75, 3.05) is 17.2 Å². The maximum atomic E-state index is 13.8. The smallest absolute Gasteiger partial charge is 0.258 e. The summed E-state index contributed by atoms with van der Waals surface area (Å²) in [6.45, 7) is 4.04. The van der Waals surface area contributed by atoms with Crippen LogP contribution in [0.1, 0.15) is 22.8 Å². The molecule has 0 aliphatic rings. The van der Waals surface area contributed by atoms with Crippen molar-refractivity contribution < 1.29 is 9.18 Å². The highest BCUT2D eigenvalue weighted by molar-refractivity contribution is 6.06. The largest absolute Gasteiger partial charge is 0.399 e. The van der Waals surface area contributed by atoms with E-state index in [9.17, 15) is 9.18 Å². The molecule has 4 heteroatoms. The SMILES string of the molecule is CCN(C(=O)c1ccc(N)c(C)c1)c1ccccc1F. The summed E-state index contributed by atoms with van der Waals surface area (Å²) in [5.74, 6) is -0.643. The minimum Gasteiger partial charge on any atom is -0.399 e. The Kier molecular flexibility index (Phi) is 4.03. The lowest BCUT2D eigenvalue weighted by Crippen LogP contribution is -2.31. The summed E-state index contributed by atoms with van der Waals surface area (Å²) in [5, 5.41) is 0. The number of hydrogen-bond acceptors (Lipinski definition) is 2. The molecule has 0 unspecified atom stereocenters. The van der Waals surface area contributed by atoms with Gasteiger partial charge in [0.05, 0.1) is 5.69 Å². The molecule has 2 rings (SSSR count). The Labute approximate surface area is 117 Å². The van der Waals surface area contributed by atoms with E-state index in [0.717, 1.165) is 5.56 Å². The molecule has 0 aliphatic heterocycles. The molecule has 0 aromatic heterocycles. The molecule has 3 nitrogen and oxygen atoms in total. The van der Waals surface area contributed by atoms with Crippen LogP contribution < -0.4 is 10.6 Å². The third-order valence-corrected chi connectivity index (χ3v) is 3.22. The van der Waals surface area contributed by atoms with Gasteiger partial charge in [-0.2, -0.15) is 0 Å². The number of amides is 1. The molecule has 0 spiro atoms. The first kappa shape index (κ1) is 14.1. The summed E-state index contributed by atoms with van der Waals surface area (Å²) in [7, 11) is 0. The van der Waals surface area contributed by atoms with Crippen LogP contribution in [0.5, 0.6) is 0 Å². The highest BCUT2D eigenvalue weighted by Crippen LogP contribution is 2.22. The highest BCUT2D eigenvalue weighted by Gasteiger charge is 2.19. The lowest BCUT2D eigenvalue weighted by molar-refractivity contribution is 0.0987. The molecule has 0 atom stereocenters. The molecule has 0 aliphatic carbocycles. The van der Waals surface area contributed by atoms with Crippen LogP contribution in [0, 0.1) is 12.7 Å². The van der Waals surface area contributed by atoms with E-state index >= 15 is 0 Å². The van der Waals surface area contributed by atoms with Crippen LogP contribution in [0.4, 0.5) is 15.8 Å². The fourth-order valence-electron chi connectivity index (χ4n) is 2.06. The predicted molar refractivity (Wildman–Crippen MR) is 79.3 cm³/mol. The third-order valence-electron chi connectivity index (χ3n) is 3.22. The van der Waals surface area contributed by atoms with E-state index in [2.05, 4.69) is 0 Å². The predicted octanol–water partition coefficient (Wildman–Crippen LogP) is 3.38. The number of carbonyl (C=O) groups excluding carboxylic acids is 1. The molecule has 0 saturated heterocycles.